The van der Waals surface area contributed by atoms with E-state index in [-0.39, 0.29) is 5.54 Å². The molecule has 0 aromatic heterocycles. The average molecular weight is 237 g/mol. The molecule has 2 aromatic carbocycles. The van der Waals surface area contributed by atoms with E-state index >= 15 is 0 Å². The van der Waals surface area contributed by atoms with Gasteiger partial charge in [0, 0.05) is 5.69 Å². The fraction of sp³-hybridized carbons (Fsp3) is 0.176. The summed E-state index contributed by atoms with van der Waals surface area (Å²) in [6.45, 7) is 6.08. The molecule has 1 unspecified atom stereocenters. The SMILES string of the molecule is C=CCC(C)(Nc1ccccc1)c1ccccc1. The van der Waals surface area contributed by atoms with Crippen LogP contribution in [0.4, 0.5) is 5.69 Å². The summed E-state index contributed by atoms with van der Waals surface area (Å²) in [5.74, 6) is 0. The Labute approximate surface area is 109 Å². The molecule has 2 aromatic rings. The first-order valence-electron chi connectivity index (χ1n) is 6.24. The van der Waals surface area contributed by atoms with Crippen LogP contribution in [-0.2, 0) is 5.54 Å². The fourth-order valence-electron chi connectivity index (χ4n) is 2.18. The molecule has 0 saturated carbocycles. The minimum absolute atomic E-state index is 0.121. The Morgan fingerprint density at radius 1 is 1.00 bits per heavy atom. The van der Waals surface area contributed by atoms with Crippen molar-refractivity contribution >= 4 is 5.69 Å². The highest BCUT2D eigenvalue weighted by Crippen LogP contribution is 2.29. The van der Waals surface area contributed by atoms with Crippen LogP contribution in [0.25, 0.3) is 0 Å². The smallest absolute Gasteiger partial charge is 0.0631 e. The molecular weight excluding hydrogens is 218 g/mol. The zero-order valence-corrected chi connectivity index (χ0v) is 10.8. The summed E-state index contributed by atoms with van der Waals surface area (Å²) in [4.78, 5) is 0. The molecule has 92 valence electrons. The summed E-state index contributed by atoms with van der Waals surface area (Å²) in [6.07, 6.45) is 2.84. The molecule has 0 aliphatic carbocycles. The number of hydrogen-bond acceptors (Lipinski definition) is 1. The molecule has 2 rings (SSSR count). The van der Waals surface area contributed by atoms with E-state index in [1.54, 1.807) is 0 Å². The standard InChI is InChI=1S/C17H19N/c1-3-14-17(2,15-10-6-4-7-11-15)18-16-12-8-5-9-13-16/h3-13,18H,1,14H2,2H3. The van der Waals surface area contributed by atoms with Crippen LogP contribution in [-0.4, -0.2) is 0 Å². The van der Waals surface area contributed by atoms with Gasteiger partial charge in [0.1, 0.15) is 0 Å². The second-order valence-electron chi connectivity index (χ2n) is 4.68. The Bertz CT molecular complexity index is 490. The van der Waals surface area contributed by atoms with Crippen LogP contribution in [0.5, 0.6) is 0 Å². The van der Waals surface area contributed by atoms with Gasteiger partial charge in [0.05, 0.1) is 5.54 Å². The molecule has 1 heteroatoms. The molecule has 0 aliphatic rings. The molecule has 1 atom stereocenters. The van der Waals surface area contributed by atoms with Crippen molar-refractivity contribution in [3.8, 4) is 0 Å². The van der Waals surface area contributed by atoms with Gasteiger partial charge in [-0.3, -0.25) is 0 Å². The second kappa shape index (κ2) is 5.54. The fourth-order valence-corrected chi connectivity index (χ4v) is 2.18. The van der Waals surface area contributed by atoms with Gasteiger partial charge in [-0.25, -0.2) is 0 Å². The number of benzene rings is 2. The molecule has 1 N–H and O–H groups in total. The van der Waals surface area contributed by atoms with Gasteiger partial charge >= 0.3 is 0 Å². The summed E-state index contributed by atoms with van der Waals surface area (Å²) in [6, 6.07) is 20.8. The van der Waals surface area contributed by atoms with Gasteiger partial charge in [0.25, 0.3) is 0 Å². The van der Waals surface area contributed by atoms with E-state index in [9.17, 15) is 0 Å². The molecule has 0 fully saturated rings. The van der Waals surface area contributed by atoms with Crippen LogP contribution in [0.3, 0.4) is 0 Å². The van der Waals surface area contributed by atoms with Gasteiger partial charge in [0.2, 0.25) is 0 Å². The van der Waals surface area contributed by atoms with Crippen LogP contribution in [0, 0.1) is 0 Å². The molecule has 1 nitrogen and oxygen atoms in total. The summed E-state index contributed by atoms with van der Waals surface area (Å²) < 4.78 is 0. The third kappa shape index (κ3) is 2.80. The largest absolute Gasteiger partial charge is 0.375 e. The van der Waals surface area contributed by atoms with Crippen molar-refractivity contribution in [3.05, 3.63) is 78.9 Å². The van der Waals surface area contributed by atoms with Gasteiger partial charge in [-0.1, -0.05) is 54.6 Å². The minimum Gasteiger partial charge on any atom is -0.375 e. The van der Waals surface area contributed by atoms with Gasteiger partial charge in [0.15, 0.2) is 0 Å². The third-order valence-corrected chi connectivity index (χ3v) is 3.16. The molecule has 18 heavy (non-hydrogen) atoms. The maximum atomic E-state index is 3.87. The Morgan fingerprint density at radius 3 is 2.11 bits per heavy atom. The maximum absolute atomic E-state index is 3.87. The first-order valence-corrected chi connectivity index (χ1v) is 6.24. The van der Waals surface area contributed by atoms with Crippen molar-refractivity contribution in [1.29, 1.82) is 0 Å². The van der Waals surface area contributed by atoms with Crippen molar-refractivity contribution in [2.45, 2.75) is 18.9 Å². The highest BCUT2D eigenvalue weighted by Gasteiger charge is 2.24. The van der Waals surface area contributed by atoms with E-state index in [2.05, 4.69) is 55.2 Å². The van der Waals surface area contributed by atoms with E-state index in [1.165, 1.54) is 5.56 Å². The first kappa shape index (κ1) is 12.4. The monoisotopic (exact) mass is 237 g/mol. The van der Waals surface area contributed by atoms with Gasteiger partial charge in [-0.15, -0.1) is 6.58 Å². The van der Waals surface area contributed by atoms with E-state index in [0.717, 1.165) is 12.1 Å². The lowest BCUT2D eigenvalue weighted by atomic mass is 9.88. The van der Waals surface area contributed by atoms with Crippen LogP contribution in [0.15, 0.2) is 73.3 Å². The van der Waals surface area contributed by atoms with Gasteiger partial charge in [-0.2, -0.15) is 0 Å². The van der Waals surface area contributed by atoms with Crippen molar-refractivity contribution < 1.29 is 0 Å². The van der Waals surface area contributed by atoms with Crippen molar-refractivity contribution in [1.82, 2.24) is 0 Å². The van der Waals surface area contributed by atoms with E-state index in [0.29, 0.717) is 0 Å². The lowest BCUT2D eigenvalue weighted by molar-refractivity contribution is 0.552. The molecular formula is C17H19N. The molecule has 0 aliphatic heterocycles. The zero-order chi connectivity index (χ0) is 12.8. The Hall–Kier alpha value is -2.02. The van der Waals surface area contributed by atoms with Crippen LogP contribution in [0.1, 0.15) is 18.9 Å². The summed E-state index contributed by atoms with van der Waals surface area (Å²) in [5, 5.41) is 3.60. The zero-order valence-electron chi connectivity index (χ0n) is 10.8. The Kier molecular flexibility index (Phi) is 3.83. The van der Waals surface area contributed by atoms with Crippen LogP contribution >= 0.6 is 0 Å². The van der Waals surface area contributed by atoms with Gasteiger partial charge < -0.3 is 5.32 Å². The van der Waals surface area contributed by atoms with E-state index in [4.69, 9.17) is 0 Å². The third-order valence-electron chi connectivity index (χ3n) is 3.16. The molecule has 0 amide bonds. The number of para-hydroxylation sites is 1. The topological polar surface area (TPSA) is 12.0 Å². The second-order valence-corrected chi connectivity index (χ2v) is 4.68. The van der Waals surface area contributed by atoms with Crippen LogP contribution < -0.4 is 5.32 Å². The number of hydrogen-bond donors (Lipinski definition) is 1. The molecule has 0 saturated heterocycles. The molecule has 0 heterocycles. The predicted molar refractivity (Wildman–Crippen MR) is 78.7 cm³/mol. The molecule has 0 bridgehead atoms. The number of rotatable bonds is 5. The lowest BCUT2D eigenvalue weighted by Crippen LogP contribution is -2.31. The Balaban J connectivity index is 2.30. The maximum Gasteiger partial charge on any atom is 0.0631 e. The quantitative estimate of drug-likeness (QED) is 0.750. The predicted octanol–water partition coefficient (Wildman–Crippen LogP) is 4.59. The number of anilines is 1. The van der Waals surface area contributed by atoms with Crippen molar-refractivity contribution in [2.75, 3.05) is 5.32 Å². The van der Waals surface area contributed by atoms with Crippen molar-refractivity contribution in [3.63, 3.8) is 0 Å². The highest BCUT2D eigenvalue weighted by molar-refractivity contribution is 5.47. The molecule has 0 radical (unpaired) electrons. The first-order chi connectivity index (χ1) is 8.74. The highest BCUT2D eigenvalue weighted by atomic mass is 15.0. The average Bonchev–Trinajstić information content (AvgIpc) is 2.41. The van der Waals surface area contributed by atoms with Crippen molar-refractivity contribution in [2.24, 2.45) is 0 Å². The molecule has 0 spiro atoms. The van der Waals surface area contributed by atoms with Gasteiger partial charge in [-0.05, 0) is 31.0 Å². The van der Waals surface area contributed by atoms with E-state index < -0.39 is 0 Å². The normalized spacial score (nSPS) is 13.6. The summed E-state index contributed by atoms with van der Waals surface area (Å²) >= 11 is 0. The van der Waals surface area contributed by atoms with E-state index in [1.807, 2.05) is 30.3 Å². The lowest BCUT2D eigenvalue weighted by Gasteiger charge is -2.31. The summed E-state index contributed by atoms with van der Waals surface area (Å²) in [5.41, 5.74) is 2.28. The minimum atomic E-state index is -0.121. The summed E-state index contributed by atoms with van der Waals surface area (Å²) in [7, 11) is 0. The van der Waals surface area contributed by atoms with Crippen LogP contribution in [0.2, 0.25) is 0 Å². The number of nitrogens with one attached hydrogen (secondary N) is 1. The Morgan fingerprint density at radius 2 is 1.56 bits per heavy atom.